The van der Waals surface area contributed by atoms with Gasteiger partial charge < -0.3 is 10.5 Å². The highest BCUT2D eigenvalue weighted by Crippen LogP contribution is 2.18. The maximum Gasteiger partial charge on any atom is 0.338 e. The van der Waals surface area contributed by atoms with Crippen LogP contribution >= 0.6 is 11.3 Å². The third kappa shape index (κ3) is 3.29. The van der Waals surface area contributed by atoms with Crippen molar-refractivity contribution in [1.82, 2.24) is 4.98 Å². The first-order valence-corrected chi connectivity index (χ1v) is 6.43. The first-order valence-electron chi connectivity index (χ1n) is 5.62. The number of hydrogen-bond donors (Lipinski definition) is 1. The van der Waals surface area contributed by atoms with Crippen molar-refractivity contribution >= 4 is 23.0 Å². The summed E-state index contributed by atoms with van der Waals surface area (Å²) in [4.78, 5) is 17.1. The molecule has 100 valence electrons. The third-order valence-electron chi connectivity index (χ3n) is 2.56. The van der Waals surface area contributed by atoms with Gasteiger partial charge in [0.25, 0.3) is 0 Å². The van der Waals surface area contributed by atoms with Crippen LogP contribution in [-0.2, 0) is 11.3 Å². The van der Waals surface area contributed by atoms with Gasteiger partial charge in [-0.15, -0.1) is 11.3 Å². The van der Waals surface area contributed by atoms with Crippen molar-refractivity contribution in [3.8, 4) is 0 Å². The second-order valence-corrected chi connectivity index (χ2v) is 5.39. The Balaban J connectivity index is 2.05. The molecule has 0 bridgehead atoms. The number of carbonyl (C=O) groups excluding carboxylic acids is 1. The third-order valence-corrected chi connectivity index (χ3v) is 3.60. The highest BCUT2D eigenvalue weighted by Gasteiger charge is 2.11. The number of anilines is 1. The highest BCUT2D eigenvalue weighted by atomic mass is 32.1. The Morgan fingerprint density at radius 1 is 1.42 bits per heavy atom. The predicted molar refractivity (Wildman–Crippen MR) is 71.5 cm³/mol. The lowest BCUT2D eigenvalue weighted by Crippen LogP contribution is -2.06. The van der Waals surface area contributed by atoms with E-state index in [-0.39, 0.29) is 17.9 Å². The molecule has 2 N–H and O–H groups in total. The van der Waals surface area contributed by atoms with E-state index in [1.165, 1.54) is 17.4 Å². The monoisotopic (exact) mass is 280 g/mol. The van der Waals surface area contributed by atoms with Crippen molar-refractivity contribution in [2.75, 3.05) is 5.73 Å². The van der Waals surface area contributed by atoms with Gasteiger partial charge in [-0.25, -0.2) is 14.2 Å². The van der Waals surface area contributed by atoms with Gasteiger partial charge in [-0.05, 0) is 32.0 Å². The van der Waals surface area contributed by atoms with Crippen LogP contribution in [0.4, 0.5) is 10.1 Å². The molecule has 19 heavy (non-hydrogen) atoms. The van der Waals surface area contributed by atoms with Crippen molar-refractivity contribution in [2.24, 2.45) is 0 Å². The molecule has 0 saturated heterocycles. The van der Waals surface area contributed by atoms with Crippen LogP contribution in [0.1, 0.15) is 25.9 Å². The molecular weight excluding hydrogens is 267 g/mol. The number of thiazole rings is 1. The second kappa shape index (κ2) is 5.36. The minimum Gasteiger partial charge on any atom is -0.455 e. The Morgan fingerprint density at radius 2 is 2.16 bits per heavy atom. The number of aromatic nitrogens is 1. The minimum absolute atomic E-state index is 0.0780. The van der Waals surface area contributed by atoms with E-state index < -0.39 is 11.8 Å². The maximum atomic E-state index is 13.1. The number of nitrogen functional groups attached to an aromatic ring is 1. The maximum absolute atomic E-state index is 13.1. The largest absolute Gasteiger partial charge is 0.455 e. The summed E-state index contributed by atoms with van der Waals surface area (Å²) >= 11 is 1.47. The van der Waals surface area contributed by atoms with E-state index in [1.54, 1.807) is 0 Å². The molecule has 1 aromatic carbocycles. The Labute approximate surface area is 114 Å². The quantitative estimate of drug-likeness (QED) is 0.693. The van der Waals surface area contributed by atoms with Gasteiger partial charge in [-0.3, -0.25) is 0 Å². The molecule has 4 nitrogen and oxygen atoms in total. The first kappa shape index (κ1) is 13.5. The molecule has 0 radical (unpaired) electrons. The molecule has 0 unspecified atom stereocenters. The van der Waals surface area contributed by atoms with Gasteiger partial charge >= 0.3 is 5.97 Å². The van der Waals surface area contributed by atoms with Crippen molar-refractivity contribution in [3.63, 3.8) is 0 Å². The van der Waals surface area contributed by atoms with Gasteiger partial charge in [0.1, 0.15) is 17.4 Å². The fourth-order valence-corrected chi connectivity index (χ4v) is 2.39. The van der Waals surface area contributed by atoms with E-state index in [0.29, 0.717) is 5.01 Å². The summed E-state index contributed by atoms with van der Waals surface area (Å²) in [7, 11) is 0. The van der Waals surface area contributed by atoms with Crippen molar-refractivity contribution in [3.05, 3.63) is 45.2 Å². The average Bonchev–Trinajstić information content (AvgIpc) is 2.64. The summed E-state index contributed by atoms with van der Waals surface area (Å²) in [5.41, 5.74) is 6.68. The molecule has 2 aromatic rings. The molecule has 0 amide bonds. The summed E-state index contributed by atoms with van der Waals surface area (Å²) < 4.78 is 18.2. The number of esters is 1. The lowest BCUT2D eigenvalue weighted by atomic mass is 10.2. The molecule has 0 aliphatic rings. The van der Waals surface area contributed by atoms with E-state index in [1.807, 2.05) is 13.8 Å². The van der Waals surface area contributed by atoms with Gasteiger partial charge in [0.2, 0.25) is 0 Å². The molecule has 0 atom stereocenters. The zero-order chi connectivity index (χ0) is 14.0. The van der Waals surface area contributed by atoms with Crippen molar-refractivity contribution in [2.45, 2.75) is 20.5 Å². The number of ether oxygens (including phenoxy) is 1. The minimum atomic E-state index is -0.614. The van der Waals surface area contributed by atoms with Crippen LogP contribution in [0.25, 0.3) is 0 Å². The number of carbonyl (C=O) groups is 1. The smallest absolute Gasteiger partial charge is 0.338 e. The fraction of sp³-hybridized carbons (Fsp3) is 0.231. The van der Waals surface area contributed by atoms with E-state index in [2.05, 4.69) is 4.98 Å². The molecule has 1 heterocycles. The Hall–Kier alpha value is -1.95. The molecule has 0 spiro atoms. The van der Waals surface area contributed by atoms with Crippen LogP contribution in [0.15, 0.2) is 18.2 Å². The second-order valence-electron chi connectivity index (χ2n) is 4.10. The zero-order valence-corrected chi connectivity index (χ0v) is 11.4. The summed E-state index contributed by atoms with van der Waals surface area (Å²) in [6, 6.07) is 3.62. The summed E-state index contributed by atoms with van der Waals surface area (Å²) in [5, 5.41) is 0.715. The van der Waals surface area contributed by atoms with Gasteiger partial charge in [-0.2, -0.15) is 0 Å². The summed E-state index contributed by atoms with van der Waals surface area (Å²) in [6.07, 6.45) is 0. The number of benzene rings is 1. The van der Waals surface area contributed by atoms with Crippen LogP contribution in [0, 0.1) is 19.7 Å². The van der Waals surface area contributed by atoms with Crippen LogP contribution < -0.4 is 5.73 Å². The number of hydrogen-bond acceptors (Lipinski definition) is 5. The fourth-order valence-electron chi connectivity index (χ4n) is 1.54. The van der Waals surface area contributed by atoms with E-state index in [9.17, 15) is 9.18 Å². The Kier molecular flexibility index (Phi) is 3.80. The standard InChI is InChI=1S/C13H13FN2O2S/c1-7-8(2)19-12(16-7)6-18-13(17)9-3-10(14)5-11(15)4-9/h3-5H,6,15H2,1-2H3. The number of nitrogens with zero attached hydrogens (tertiary/aromatic N) is 1. The molecule has 2 rings (SSSR count). The number of aryl methyl sites for hydroxylation is 2. The highest BCUT2D eigenvalue weighted by molar-refractivity contribution is 7.11. The first-order chi connectivity index (χ1) is 8.95. The number of nitrogens with two attached hydrogens (primary N) is 1. The van der Waals surface area contributed by atoms with Crippen molar-refractivity contribution < 1.29 is 13.9 Å². The lowest BCUT2D eigenvalue weighted by molar-refractivity contribution is 0.0472. The van der Waals surface area contributed by atoms with Gasteiger partial charge in [0.15, 0.2) is 0 Å². The van der Waals surface area contributed by atoms with Gasteiger partial charge in [0, 0.05) is 10.6 Å². The van der Waals surface area contributed by atoms with Gasteiger partial charge in [0.05, 0.1) is 11.3 Å². The molecule has 0 aliphatic carbocycles. The zero-order valence-electron chi connectivity index (χ0n) is 10.6. The molecule has 0 saturated carbocycles. The van der Waals surface area contributed by atoms with Gasteiger partial charge in [-0.1, -0.05) is 0 Å². The molecule has 1 aromatic heterocycles. The lowest BCUT2D eigenvalue weighted by Gasteiger charge is -2.04. The molecule has 6 heteroatoms. The molecule has 0 fully saturated rings. The topological polar surface area (TPSA) is 65.2 Å². The van der Waals surface area contributed by atoms with Crippen LogP contribution in [0.5, 0.6) is 0 Å². The van der Waals surface area contributed by atoms with Crippen LogP contribution in [0.3, 0.4) is 0 Å². The SMILES string of the molecule is Cc1nc(COC(=O)c2cc(N)cc(F)c2)sc1C. The Bertz CT molecular complexity index is 585. The Morgan fingerprint density at radius 3 is 2.74 bits per heavy atom. The normalized spacial score (nSPS) is 10.5. The average molecular weight is 280 g/mol. The van der Waals surface area contributed by atoms with E-state index in [4.69, 9.17) is 10.5 Å². The van der Waals surface area contributed by atoms with E-state index in [0.717, 1.165) is 22.7 Å². The van der Waals surface area contributed by atoms with Crippen LogP contribution in [-0.4, -0.2) is 11.0 Å². The number of rotatable bonds is 3. The summed E-state index contributed by atoms with van der Waals surface area (Å²) in [5.74, 6) is -1.18. The van der Waals surface area contributed by atoms with E-state index >= 15 is 0 Å². The molecule has 0 aliphatic heterocycles. The van der Waals surface area contributed by atoms with Crippen molar-refractivity contribution in [1.29, 1.82) is 0 Å². The number of halogens is 1. The summed E-state index contributed by atoms with van der Waals surface area (Å²) in [6.45, 7) is 3.92. The predicted octanol–water partition coefficient (Wildman–Crippen LogP) is 2.84. The van der Waals surface area contributed by atoms with Crippen LogP contribution in [0.2, 0.25) is 0 Å². The molecular formula is C13H13FN2O2S.